The van der Waals surface area contributed by atoms with Gasteiger partial charge in [-0.3, -0.25) is 4.99 Å². The molecule has 1 aromatic heterocycles. The number of ether oxygens (including phenoxy) is 2. The first-order chi connectivity index (χ1) is 10.5. The molecule has 1 heterocycles. The van der Waals surface area contributed by atoms with Crippen LogP contribution < -0.4 is 10.6 Å². The number of nitrogens with zero attached hydrogens (tertiary/aromatic N) is 2. The number of hydrogen-bond donors (Lipinski definition) is 2. The minimum Gasteiger partial charge on any atom is -0.382 e. The fourth-order valence-electron chi connectivity index (χ4n) is 1.39. The molecule has 0 atom stereocenters. The highest BCUT2D eigenvalue weighted by atomic mass is 32.1. The van der Waals surface area contributed by atoms with Gasteiger partial charge in [0.25, 0.3) is 0 Å². The van der Waals surface area contributed by atoms with E-state index in [1.165, 1.54) is 0 Å². The lowest BCUT2D eigenvalue weighted by Crippen LogP contribution is -2.38. The molecule has 1 aromatic rings. The predicted molar refractivity (Wildman–Crippen MR) is 78.0 cm³/mol. The molecule has 0 spiro atoms. The van der Waals surface area contributed by atoms with Crippen molar-refractivity contribution in [1.82, 2.24) is 15.6 Å². The van der Waals surface area contributed by atoms with Gasteiger partial charge in [-0.1, -0.05) is 0 Å². The van der Waals surface area contributed by atoms with Gasteiger partial charge in [-0.25, -0.2) is 4.98 Å². The Balaban J connectivity index is 2.28. The Morgan fingerprint density at radius 3 is 2.68 bits per heavy atom. The third-order valence-corrected chi connectivity index (χ3v) is 3.29. The molecule has 0 amide bonds. The first kappa shape index (κ1) is 18.7. The average Bonchev–Trinajstić information content (AvgIpc) is 2.95. The maximum absolute atomic E-state index is 12.4. The van der Waals surface area contributed by atoms with Crippen LogP contribution in [0.5, 0.6) is 0 Å². The van der Waals surface area contributed by atoms with Crippen molar-refractivity contribution < 1.29 is 22.6 Å². The van der Waals surface area contributed by atoms with Crippen LogP contribution in [0.2, 0.25) is 0 Å². The molecule has 2 N–H and O–H groups in total. The Morgan fingerprint density at radius 2 is 2.09 bits per heavy atom. The van der Waals surface area contributed by atoms with Gasteiger partial charge in [0.1, 0.15) is 5.01 Å². The summed E-state index contributed by atoms with van der Waals surface area (Å²) < 4.78 is 47.4. The summed E-state index contributed by atoms with van der Waals surface area (Å²) in [4.78, 5) is 7.49. The summed E-state index contributed by atoms with van der Waals surface area (Å²) in [6.07, 6.45) is -4.41. The summed E-state index contributed by atoms with van der Waals surface area (Å²) in [5.41, 5.74) is -0.871. The molecule has 0 unspecified atom stereocenters. The topological polar surface area (TPSA) is 67.8 Å². The lowest BCUT2D eigenvalue weighted by Gasteiger charge is -2.11. The second-order valence-corrected chi connectivity index (χ2v) is 5.02. The van der Waals surface area contributed by atoms with Crippen LogP contribution in [0.1, 0.15) is 10.7 Å². The van der Waals surface area contributed by atoms with E-state index in [4.69, 9.17) is 9.47 Å². The van der Waals surface area contributed by atoms with Crippen LogP contribution in [0.15, 0.2) is 10.4 Å². The van der Waals surface area contributed by atoms with Gasteiger partial charge in [0, 0.05) is 26.1 Å². The Bertz CT molecular complexity index is 465. The van der Waals surface area contributed by atoms with Gasteiger partial charge in [0.05, 0.1) is 26.4 Å². The van der Waals surface area contributed by atoms with Crippen LogP contribution in [0, 0.1) is 0 Å². The maximum atomic E-state index is 12.4. The number of nitrogens with one attached hydrogen (secondary N) is 2. The van der Waals surface area contributed by atoms with Gasteiger partial charge < -0.3 is 20.1 Å². The Kier molecular flexibility index (Phi) is 8.13. The number of methoxy groups -OCH3 is 1. The van der Waals surface area contributed by atoms with E-state index in [1.807, 2.05) is 0 Å². The molecule has 1 rings (SSSR count). The van der Waals surface area contributed by atoms with Crippen molar-refractivity contribution in [2.24, 2.45) is 4.99 Å². The monoisotopic (exact) mass is 340 g/mol. The minimum absolute atomic E-state index is 0.172. The Morgan fingerprint density at radius 1 is 1.32 bits per heavy atom. The number of guanidine groups is 1. The van der Waals surface area contributed by atoms with Crippen molar-refractivity contribution >= 4 is 17.3 Å². The fraction of sp³-hybridized carbons (Fsp3) is 0.667. The van der Waals surface area contributed by atoms with Crippen molar-refractivity contribution in [2.45, 2.75) is 12.7 Å². The summed E-state index contributed by atoms with van der Waals surface area (Å²) in [5.74, 6) is 0.471. The molecular formula is C12H19F3N4O2S. The van der Waals surface area contributed by atoms with Crippen molar-refractivity contribution in [3.05, 3.63) is 16.1 Å². The van der Waals surface area contributed by atoms with Crippen molar-refractivity contribution in [2.75, 3.05) is 40.5 Å². The van der Waals surface area contributed by atoms with Crippen LogP contribution in [0.25, 0.3) is 0 Å². The first-order valence-corrected chi connectivity index (χ1v) is 7.38. The van der Waals surface area contributed by atoms with E-state index in [0.717, 1.165) is 16.7 Å². The quantitative estimate of drug-likeness (QED) is 0.426. The molecule has 0 bridgehead atoms. The second kappa shape index (κ2) is 9.59. The normalized spacial score (nSPS) is 12.5. The van der Waals surface area contributed by atoms with Crippen LogP contribution >= 0.6 is 11.3 Å². The number of alkyl halides is 3. The molecule has 0 aromatic carbocycles. The minimum atomic E-state index is -4.41. The molecule has 0 saturated carbocycles. The van der Waals surface area contributed by atoms with Crippen molar-refractivity contribution in [1.29, 1.82) is 0 Å². The number of rotatable bonds is 8. The summed E-state index contributed by atoms with van der Waals surface area (Å²) in [7, 11) is 3.17. The summed E-state index contributed by atoms with van der Waals surface area (Å²) >= 11 is 0.951. The van der Waals surface area contributed by atoms with Crippen LogP contribution in [-0.2, 0) is 22.2 Å². The molecule has 10 heteroatoms. The van der Waals surface area contributed by atoms with Gasteiger partial charge in [0.15, 0.2) is 11.7 Å². The van der Waals surface area contributed by atoms with Crippen molar-refractivity contribution in [3.63, 3.8) is 0 Å². The number of halogens is 3. The molecular weight excluding hydrogens is 321 g/mol. The zero-order valence-electron chi connectivity index (χ0n) is 12.4. The lowest BCUT2D eigenvalue weighted by molar-refractivity contribution is -0.140. The third-order valence-electron chi connectivity index (χ3n) is 2.44. The summed E-state index contributed by atoms with van der Waals surface area (Å²) in [6.45, 7) is 2.20. The standard InChI is InChI=1S/C12H19F3N4O2S/c1-16-11(17-3-4-21-6-5-20-2)18-7-10-19-9(8-22-10)12(13,14)15/h8H,3-7H2,1-2H3,(H2,16,17,18). The largest absolute Gasteiger partial charge is 0.434 e. The summed E-state index contributed by atoms with van der Waals surface area (Å²) in [6, 6.07) is 0. The molecule has 0 fully saturated rings. The van der Waals surface area contributed by atoms with Gasteiger partial charge in [-0.2, -0.15) is 13.2 Å². The van der Waals surface area contributed by atoms with Crippen molar-refractivity contribution in [3.8, 4) is 0 Å². The van der Waals surface area contributed by atoms with E-state index < -0.39 is 11.9 Å². The highest BCUT2D eigenvalue weighted by Gasteiger charge is 2.33. The van der Waals surface area contributed by atoms with Gasteiger partial charge >= 0.3 is 6.18 Å². The maximum Gasteiger partial charge on any atom is 0.434 e. The summed E-state index contributed by atoms with van der Waals surface area (Å²) in [5, 5.41) is 7.21. The molecule has 6 nitrogen and oxygen atoms in total. The smallest absolute Gasteiger partial charge is 0.382 e. The van der Waals surface area contributed by atoms with E-state index in [1.54, 1.807) is 14.2 Å². The Labute approximate surface area is 130 Å². The molecule has 0 saturated heterocycles. The average molecular weight is 340 g/mol. The van der Waals surface area contributed by atoms with E-state index in [-0.39, 0.29) is 6.54 Å². The Hall–Kier alpha value is -1.39. The van der Waals surface area contributed by atoms with Crippen LogP contribution in [0.4, 0.5) is 13.2 Å². The second-order valence-electron chi connectivity index (χ2n) is 4.08. The molecule has 0 aliphatic heterocycles. The molecule has 126 valence electrons. The third kappa shape index (κ3) is 7.05. The fourth-order valence-corrected chi connectivity index (χ4v) is 2.13. The number of aromatic nitrogens is 1. The zero-order chi connectivity index (χ0) is 16.4. The van der Waals surface area contributed by atoms with Gasteiger partial charge in [0.2, 0.25) is 0 Å². The first-order valence-electron chi connectivity index (χ1n) is 6.50. The highest BCUT2D eigenvalue weighted by Crippen LogP contribution is 2.29. The van der Waals surface area contributed by atoms with Crippen LogP contribution in [0.3, 0.4) is 0 Å². The van der Waals surface area contributed by atoms with E-state index in [9.17, 15) is 13.2 Å². The molecule has 0 aliphatic rings. The molecule has 0 aliphatic carbocycles. The van der Waals surface area contributed by atoms with Crippen LogP contribution in [-0.4, -0.2) is 51.5 Å². The predicted octanol–water partition coefficient (Wildman–Crippen LogP) is 1.49. The van der Waals surface area contributed by atoms with E-state index in [0.29, 0.717) is 37.3 Å². The number of aliphatic imine (C=N–C) groups is 1. The number of hydrogen-bond acceptors (Lipinski definition) is 5. The molecule has 0 radical (unpaired) electrons. The highest BCUT2D eigenvalue weighted by molar-refractivity contribution is 7.09. The van der Waals surface area contributed by atoms with E-state index >= 15 is 0 Å². The number of thiazole rings is 1. The molecule has 22 heavy (non-hydrogen) atoms. The lowest BCUT2D eigenvalue weighted by atomic mass is 10.5. The SMILES string of the molecule is CN=C(NCCOCCOC)NCc1nc(C(F)(F)F)cs1. The zero-order valence-corrected chi connectivity index (χ0v) is 13.2. The van der Waals surface area contributed by atoms with Gasteiger partial charge in [-0.05, 0) is 0 Å². The van der Waals surface area contributed by atoms with Gasteiger partial charge in [-0.15, -0.1) is 11.3 Å². The van der Waals surface area contributed by atoms with E-state index in [2.05, 4.69) is 20.6 Å².